The summed E-state index contributed by atoms with van der Waals surface area (Å²) in [4.78, 5) is 40.2. The van der Waals surface area contributed by atoms with Gasteiger partial charge in [-0.05, 0) is 63.1 Å². The summed E-state index contributed by atoms with van der Waals surface area (Å²) in [5, 5.41) is 16.0. The lowest BCUT2D eigenvalue weighted by Crippen LogP contribution is -2.26. The van der Waals surface area contributed by atoms with E-state index in [9.17, 15) is 14.4 Å². The van der Waals surface area contributed by atoms with Gasteiger partial charge in [0.05, 0.1) is 38.7 Å². The molecule has 0 saturated heterocycles. The molecule has 2 aromatic heterocycles. The molecule has 0 spiro atoms. The Balaban J connectivity index is 1.29. The zero-order chi connectivity index (χ0) is 31.1. The zero-order valence-electron chi connectivity index (χ0n) is 25.4. The lowest BCUT2D eigenvalue weighted by molar-refractivity contribution is -0.113. The Morgan fingerprint density at radius 2 is 1.73 bits per heavy atom. The number of hydrogen-bond acceptors (Lipinski definition) is 10. The number of hydrogen-bond donors (Lipinski definition) is 2. The van der Waals surface area contributed by atoms with Crippen LogP contribution in [0.25, 0.3) is 0 Å². The molecule has 11 nitrogen and oxygen atoms in total. The maximum Gasteiger partial charge on any atom is 0.341 e. The molecule has 2 N–H and O–H groups in total. The van der Waals surface area contributed by atoms with Crippen LogP contribution in [0, 0.1) is 0 Å². The SMILES string of the molecule is CCOC(=O)c1c(NC(=O)CSc2nnc(CNC(=O)c3cc(OC)cc(OC)c3)n2C2CCCCC2)sc2c1CCCC2. The molecule has 1 fully saturated rings. The number of esters is 1. The standard InChI is InChI=1S/C31H39N5O6S2/c1-4-42-30(39)27-23-12-8-9-13-24(23)44-29(27)33-26(37)18-43-31-35-34-25(36(31)20-10-6-5-7-11-20)17-32-28(38)19-14-21(40-2)16-22(15-19)41-3/h14-16,20H,4-13,17-18H2,1-3H3,(H,32,38)(H,33,37). The van der Waals surface area contributed by atoms with Gasteiger partial charge in [-0.15, -0.1) is 21.5 Å². The van der Waals surface area contributed by atoms with Crippen LogP contribution in [-0.4, -0.2) is 59.1 Å². The largest absolute Gasteiger partial charge is 0.497 e. The van der Waals surface area contributed by atoms with E-state index in [4.69, 9.17) is 14.2 Å². The molecule has 0 aliphatic heterocycles. The van der Waals surface area contributed by atoms with E-state index in [1.807, 2.05) is 0 Å². The predicted octanol–water partition coefficient (Wildman–Crippen LogP) is 5.58. The second kappa shape index (κ2) is 14.9. The van der Waals surface area contributed by atoms with Crippen LogP contribution in [0.5, 0.6) is 11.5 Å². The normalized spacial score (nSPS) is 14.9. The van der Waals surface area contributed by atoms with Crippen molar-refractivity contribution in [3.05, 3.63) is 45.6 Å². The molecule has 3 aromatic rings. The highest BCUT2D eigenvalue weighted by molar-refractivity contribution is 7.99. The van der Waals surface area contributed by atoms with E-state index < -0.39 is 0 Å². The molecule has 2 aliphatic rings. The van der Waals surface area contributed by atoms with Crippen molar-refractivity contribution in [1.29, 1.82) is 0 Å². The second-order valence-corrected chi connectivity index (χ2v) is 12.9. The number of aryl methyl sites for hydroxylation is 1. The number of amides is 2. The van der Waals surface area contributed by atoms with Gasteiger partial charge in [-0.1, -0.05) is 31.0 Å². The van der Waals surface area contributed by atoms with Crippen molar-refractivity contribution in [2.45, 2.75) is 82.5 Å². The lowest BCUT2D eigenvalue weighted by Gasteiger charge is -2.25. The quantitative estimate of drug-likeness (QED) is 0.192. The maximum atomic E-state index is 13.2. The molecule has 0 unspecified atom stereocenters. The smallest absolute Gasteiger partial charge is 0.341 e. The fraction of sp³-hybridized carbons (Fsp3) is 0.516. The first-order chi connectivity index (χ1) is 21.4. The highest BCUT2D eigenvalue weighted by Crippen LogP contribution is 2.39. The minimum atomic E-state index is -0.383. The number of methoxy groups -OCH3 is 2. The van der Waals surface area contributed by atoms with Crippen LogP contribution in [0.2, 0.25) is 0 Å². The number of thiophene rings is 1. The summed E-state index contributed by atoms with van der Waals surface area (Å²) in [7, 11) is 3.07. The van der Waals surface area contributed by atoms with Gasteiger partial charge in [0.1, 0.15) is 16.5 Å². The number of anilines is 1. The molecular weight excluding hydrogens is 603 g/mol. The fourth-order valence-corrected chi connectivity index (χ4v) is 7.92. The van der Waals surface area contributed by atoms with Crippen LogP contribution in [0.4, 0.5) is 5.00 Å². The number of ether oxygens (including phenoxy) is 3. The number of nitrogens with zero attached hydrogens (tertiary/aromatic N) is 3. The summed E-state index contributed by atoms with van der Waals surface area (Å²) in [6.07, 6.45) is 9.17. The van der Waals surface area contributed by atoms with Gasteiger partial charge in [-0.3, -0.25) is 9.59 Å². The molecule has 2 aliphatic carbocycles. The van der Waals surface area contributed by atoms with Crippen molar-refractivity contribution < 1.29 is 28.6 Å². The summed E-state index contributed by atoms with van der Waals surface area (Å²) in [5.41, 5.74) is 1.93. The number of thioether (sulfide) groups is 1. The first kappa shape index (κ1) is 31.8. The minimum Gasteiger partial charge on any atom is -0.497 e. The average Bonchev–Trinajstić information content (AvgIpc) is 3.63. The van der Waals surface area contributed by atoms with Gasteiger partial charge < -0.3 is 29.4 Å². The Kier molecular flexibility index (Phi) is 10.8. The van der Waals surface area contributed by atoms with E-state index in [1.165, 1.54) is 43.7 Å². The number of rotatable bonds is 12. The summed E-state index contributed by atoms with van der Waals surface area (Å²) in [5.74, 6) is 0.891. The third-order valence-electron chi connectivity index (χ3n) is 7.93. The van der Waals surface area contributed by atoms with E-state index >= 15 is 0 Å². The van der Waals surface area contributed by atoms with Crippen LogP contribution >= 0.6 is 23.1 Å². The highest BCUT2D eigenvalue weighted by atomic mass is 32.2. The van der Waals surface area contributed by atoms with E-state index in [2.05, 4.69) is 25.4 Å². The fourth-order valence-electron chi connectivity index (χ4n) is 5.80. The van der Waals surface area contributed by atoms with Crippen molar-refractivity contribution in [2.75, 3.05) is 31.9 Å². The Labute approximate surface area is 265 Å². The molecule has 2 heterocycles. The third-order valence-corrected chi connectivity index (χ3v) is 10.1. The Hall–Kier alpha value is -3.58. The summed E-state index contributed by atoms with van der Waals surface area (Å²) < 4.78 is 18.0. The van der Waals surface area contributed by atoms with Gasteiger partial charge in [0.2, 0.25) is 5.91 Å². The van der Waals surface area contributed by atoms with Gasteiger partial charge in [0, 0.05) is 22.5 Å². The molecule has 1 aromatic carbocycles. The number of benzene rings is 1. The van der Waals surface area contributed by atoms with Crippen molar-refractivity contribution in [1.82, 2.24) is 20.1 Å². The van der Waals surface area contributed by atoms with Gasteiger partial charge in [0.25, 0.3) is 5.91 Å². The first-order valence-electron chi connectivity index (χ1n) is 15.1. The Morgan fingerprint density at radius 3 is 2.43 bits per heavy atom. The second-order valence-electron chi connectivity index (χ2n) is 10.8. The number of nitrogens with one attached hydrogen (secondary N) is 2. The maximum absolute atomic E-state index is 13.2. The molecule has 236 valence electrons. The minimum absolute atomic E-state index is 0.103. The first-order valence-corrected chi connectivity index (χ1v) is 16.9. The molecule has 44 heavy (non-hydrogen) atoms. The number of carbonyl (C=O) groups excluding carboxylic acids is 3. The van der Waals surface area contributed by atoms with Gasteiger partial charge >= 0.3 is 5.97 Å². The molecular formula is C31H39N5O6S2. The monoisotopic (exact) mass is 641 g/mol. The Morgan fingerprint density at radius 1 is 1.00 bits per heavy atom. The molecule has 0 radical (unpaired) electrons. The third kappa shape index (κ3) is 7.37. The molecule has 1 saturated carbocycles. The van der Waals surface area contributed by atoms with Crippen molar-refractivity contribution in [3.8, 4) is 11.5 Å². The van der Waals surface area contributed by atoms with Gasteiger partial charge in [-0.25, -0.2) is 4.79 Å². The summed E-state index contributed by atoms with van der Waals surface area (Å²) in [6.45, 7) is 2.24. The van der Waals surface area contributed by atoms with Crippen molar-refractivity contribution in [2.24, 2.45) is 0 Å². The van der Waals surface area contributed by atoms with E-state index in [0.717, 1.165) is 61.8 Å². The molecule has 0 bridgehead atoms. The summed E-state index contributed by atoms with van der Waals surface area (Å²) >= 11 is 2.79. The summed E-state index contributed by atoms with van der Waals surface area (Å²) in [6, 6.07) is 5.20. The number of fused-ring (bicyclic) bond motifs is 1. The average molecular weight is 642 g/mol. The van der Waals surface area contributed by atoms with E-state index in [-0.39, 0.29) is 42.7 Å². The molecule has 5 rings (SSSR count). The molecule has 2 amide bonds. The van der Waals surface area contributed by atoms with Crippen molar-refractivity contribution >= 4 is 45.9 Å². The highest BCUT2D eigenvalue weighted by Gasteiger charge is 2.28. The predicted molar refractivity (Wildman–Crippen MR) is 169 cm³/mol. The number of aromatic nitrogens is 3. The van der Waals surface area contributed by atoms with Crippen molar-refractivity contribution in [3.63, 3.8) is 0 Å². The lowest BCUT2D eigenvalue weighted by atomic mass is 9.95. The van der Waals surface area contributed by atoms with Crippen LogP contribution in [0.15, 0.2) is 23.4 Å². The Bertz CT molecular complexity index is 1470. The zero-order valence-corrected chi connectivity index (χ0v) is 27.0. The van der Waals surface area contributed by atoms with Crippen LogP contribution in [0.3, 0.4) is 0 Å². The van der Waals surface area contributed by atoms with Crippen LogP contribution in [-0.2, 0) is 28.9 Å². The van der Waals surface area contributed by atoms with Crippen LogP contribution < -0.4 is 20.1 Å². The molecule has 13 heteroatoms. The van der Waals surface area contributed by atoms with Gasteiger partial charge in [0.15, 0.2) is 11.0 Å². The van der Waals surface area contributed by atoms with Gasteiger partial charge in [-0.2, -0.15) is 0 Å². The number of carbonyl (C=O) groups is 3. The van der Waals surface area contributed by atoms with Crippen LogP contribution in [0.1, 0.15) is 94.9 Å². The topological polar surface area (TPSA) is 134 Å². The van der Waals surface area contributed by atoms with E-state index in [0.29, 0.717) is 38.6 Å². The van der Waals surface area contributed by atoms with E-state index in [1.54, 1.807) is 25.1 Å². The molecule has 0 atom stereocenters.